The molecule has 0 aliphatic carbocycles. The van der Waals surface area contributed by atoms with Gasteiger partial charge in [-0.15, -0.1) is 10.2 Å². The lowest BCUT2D eigenvalue weighted by atomic mass is 10.1. The van der Waals surface area contributed by atoms with Crippen molar-refractivity contribution in [3.63, 3.8) is 0 Å². The van der Waals surface area contributed by atoms with Crippen LogP contribution in [0.2, 0.25) is 0 Å². The second-order valence-electron chi connectivity index (χ2n) is 7.79. The minimum absolute atomic E-state index is 0.00417. The molecule has 1 unspecified atom stereocenters. The molecule has 1 atom stereocenters. The highest BCUT2D eigenvalue weighted by Gasteiger charge is 2.29. The maximum atomic E-state index is 12.7. The first-order chi connectivity index (χ1) is 16.1. The molecule has 0 spiro atoms. The molecule has 1 aliphatic heterocycles. The van der Waals surface area contributed by atoms with Gasteiger partial charge < -0.3 is 14.5 Å². The van der Waals surface area contributed by atoms with Crippen molar-refractivity contribution >= 4 is 23.6 Å². The Hall–Kier alpha value is -3.39. The number of ether oxygens (including phenoxy) is 1. The SMILES string of the molecule is CC1CN(C(=O)CSc2ccc(-c3ccccc3)nn2)CCN1C(=O)COc1ccccc1. The average Bonchev–Trinajstić information content (AvgIpc) is 2.87. The van der Waals surface area contributed by atoms with Gasteiger partial charge in [-0.3, -0.25) is 9.59 Å². The van der Waals surface area contributed by atoms with Crippen LogP contribution in [0, 0.1) is 0 Å². The molecular formula is C25H26N4O3S. The monoisotopic (exact) mass is 462 g/mol. The molecule has 33 heavy (non-hydrogen) atoms. The predicted octanol–water partition coefficient (Wildman–Crippen LogP) is 3.37. The van der Waals surface area contributed by atoms with E-state index in [1.165, 1.54) is 11.8 Å². The van der Waals surface area contributed by atoms with Gasteiger partial charge in [-0.05, 0) is 31.2 Å². The normalized spacial score (nSPS) is 15.8. The number of benzene rings is 2. The first kappa shape index (κ1) is 22.8. The Kier molecular flexibility index (Phi) is 7.57. The summed E-state index contributed by atoms with van der Waals surface area (Å²) in [5.74, 6) is 0.927. The molecule has 2 heterocycles. The van der Waals surface area contributed by atoms with Crippen molar-refractivity contribution in [2.24, 2.45) is 0 Å². The van der Waals surface area contributed by atoms with Crippen LogP contribution in [-0.2, 0) is 9.59 Å². The highest BCUT2D eigenvalue weighted by atomic mass is 32.2. The minimum Gasteiger partial charge on any atom is -0.484 e. The Morgan fingerprint density at radius 3 is 2.33 bits per heavy atom. The van der Waals surface area contributed by atoms with Crippen molar-refractivity contribution in [1.29, 1.82) is 0 Å². The molecular weight excluding hydrogens is 436 g/mol. The lowest BCUT2D eigenvalue weighted by Gasteiger charge is -2.39. The van der Waals surface area contributed by atoms with Crippen molar-refractivity contribution in [3.8, 4) is 17.0 Å². The fourth-order valence-electron chi connectivity index (χ4n) is 3.69. The third-order valence-electron chi connectivity index (χ3n) is 5.46. The number of hydrogen-bond donors (Lipinski definition) is 0. The van der Waals surface area contributed by atoms with E-state index in [1.54, 1.807) is 4.90 Å². The molecule has 170 valence electrons. The van der Waals surface area contributed by atoms with Crippen LogP contribution in [0.15, 0.2) is 77.8 Å². The molecule has 0 radical (unpaired) electrons. The number of rotatable bonds is 7. The summed E-state index contributed by atoms with van der Waals surface area (Å²) in [7, 11) is 0. The molecule has 4 rings (SSSR count). The number of para-hydroxylation sites is 1. The zero-order valence-electron chi connectivity index (χ0n) is 18.5. The van der Waals surface area contributed by atoms with Crippen LogP contribution >= 0.6 is 11.8 Å². The van der Waals surface area contributed by atoms with E-state index in [0.717, 1.165) is 11.3 Å². The Labute approximate surface area is 197 Å². The van der Waals surface area contributed by atoms with Crippen LogP contribution in [0.1, 0.15) is 6.92 Å². The summed E-state index contributed by atoms with van der Waals surface area (Å²) >= 11 is 1.37. The Balaban J connectivity index is 1.23. The number of piperazine rings is 1. The van der Waals surface area contributed by atoms with Gasteiger partial charge in [0.2, 0.25) is 5.91 Å². The van der Waals surface area contributed by atoms with Gasteiger partial charge in [-0.25, -0.2) is 0 Å². The number of carbonyl (C=O) groups excluding carboxylic acids is 2. The summed E-state index contributed by atoms with van der Waals surface area (Å²) in [6.07, 6.45) is 0. The van der Waals surface area contributed by atoms with Crippen molar-refractivity contribution in [1.82, 2.24) is 20.0 Å². The quantitative estimate of drug-likeness (QED) is 0.501. The fourth-order valence-corrected chi connectivity index (χ4v) is 4.40. The highest BCUT2D eigenvalue weighted by Crippen LogP contribution is 2.20. The molecule has 2 amide bonds. The predicted molar refractivity (Wildman–Crippen MR) is 128 cm³/mol. The number of aromatic nitrogens is 2. The summed E-state index contributed by atoms with van der Waals surface area (Å²) < 4.78 is 5.58. The van der Waals surface area contributed by atoms with Crippen LogP contribution < -0.4 is 4.74 Å². The molecule has 7 nitrogen and oxygen atoms in total. The van der Waals surface area contributed by atoms with E-state index < -0.39 is 0 Å². The molecule has 1 aliphatic rings. The molecule has 1 saturated heterocycles. The largest absolute Gasteiger partial charge is 0.484 e. The van der Waals surface area contributed by atoms with Gasteiger partial charge in [0, 0.05) is 31.2 Å². The Bertz CT molecular complexity index is 1060. The molecule has 8 heteroatoms. The van der Waals surface area contributed by atoms with E-state index in [1.807, 2.05) is 84.6 Å². The summed E-state index contributed by atoms with van der Waals surface area (Å²) in [6.45, 7) is 3.48. The number of carbonyl (C=O) groups is 2. The van der Waals surface area contributed by atoms with E-state index >= 15 is 0 Å². The standard InChI is InChI=1S/C25H26N4O3S/c1-19-16-28(14-15-29(19)24(30)17-32-21-10-6-3-7-11-21)25(31)18-33-23-13-12-22(26-27-23)20-8-4-2-5-9-20/h2-13,19H,14-18H2,1H3. The van der Waals surface area contributed by atoms with Crippen LogP contribution in [0.5, 0.6) is 5.75 Å². The summed E-state index contributed by atoms with van der Waals surface area (Å²) in [4.78, 5) is 28.9. The molecule has 0 bridgehead atoms. The summed E-state index contributed by atoms with van der Waals surface area (Å²) in [5, 5.41) is 9.22. The van der Waals surface area contributed by atoms with Crippen molar-refractivity contribution in [3.05, 3.63) is 72.8 Å². The van der Waals surface area contributed by atoms with Crippen LogP contribution in [-0.4, -0.2) is 69.8 Å². The second-order valence-corrected chi connectivity index (χ2v) is 8.78. The van der Waals surface area contributed by atoms with E-state index in [4.69, 9.17) is 4.74 Å². The second kappa shape index (κ2) is 11.0. The van der Waals surface area contributed by atoms with Gasteiger partial charge in [0.15, 0.2) is 6.61 Å². The van der Waals surface area contributed by atoms with Gasteiger partial charge in [0.1, 0.15) is 10.8 Å². The third kappa shape index (κ3) is 6.10. The molecule has 3 aromatic rings. The molecule has 0 saturated carbocycles. The number of thioether (sulfide) groups is 1. The van der Waals surface area contributed by atoms with Crippen LogP contribution in [0.25, 0.3) is 11.3 Å². The summed E-state index contributed by atoms with van der Waals surface area (Å²) in [6, 6.07) is 22.9. The van der Waals surface area contributed by atoms with Gasteiger partial charge in [-0.1, -0.05) is 60.3 Å². The number of nitrogens with zero attached hydrogens (tertiary/aromatic N) is 4. The highest BCUT2D eigenvalue weighted by molar-refractivity contribution is 7.99. The number of amides is 2. The zero-order valence-corrected chi connectivity index (χ0v) is 19.3. The molecule has 1 aromatic heterocycles. The first-order valence-corrected chi connectivity index (χ1v) is 11.9. The summed E-state index contributed by atoms with van der Waals surface area (Å²) in [5.41, 5.74) is 1.81. The van der Waals surface area contributed by atoms with Crippen molar-refractivity contribution in [2.45, 2.75) is 18.0 Å². The van der Waals surface area contributed by atoms with E-state index in [9.17, 15) is 9.59 Å². The molecule has 0 N–H and O–H groups in total. The van der Waals surface area contributed by atoms with Gasteiger partial charge >= 0.3 is 0 Å². The smallest absolute Gasteiger partial charge is 0.260 e. The fraction of sp³-hybridized carbons (Fsp3) is 0.280. The lowest BCUT2D eigenvalue weighted by Crippen LogP contribution is -2.56. The Morgan fingerprint density at radius 1 is 0.939 bits per heavy atom. The molecule has 2 aromatic carbocycles. The van der Waals surface area contributed by atoms with Crippen LogP contribution in [0.3, 0.4) is 0 Å². The molecule has 1 fully saturated rings. The van der Waals surface area contributed by atoms with Gasteiger partial charge in [0.05, 0.1) is 11.4 Å². The maximum absolute atomic E-state index is 12.7. The zero-order chi connectivity index (χ0) is 23.0. The minimum atomic E-state index is -0.0680. The first-order valence-electron chi connectivity index (χ1n) is 10.9. The third-order valence-corrected chi connectivity index (χ3v) is 6.36. The van der Waals surface area contributed by atoms with Crippen molar-refractivity contribution in [2.75, 3.05) is 32.0 Å². The van der Waals surface area contributed by atoms with E-state index in [2.05, 4.69) is 10.2 Å². The maximum Gasteiger partial charge on any atom is 0.260 e. The topological polar surface area (TPSA) is 75.6 Å². The van der Waals surface area contributed by atoms with Crippen LogP contribution in [0.4, 0.5) is 0 Å². The lowest BCUT2D eigenvalue weighted by molar-refractivity contribution is -0.142. The van der Waals surface area contributed by atoms with Gasteiger partial charge in [-0.2, -0.15) is 0 Å². The van der Waals surface area contributed by atoms with Crippen molar-refractivity contribution < 1.29 is 14.3 Å². The Morgan fingerprint density at radius 2 is 1.67 bits per heavy atom. The van der Waals surface area contributed by atoms with E-state index in [-0.39, 0.29) is 30.2 Å². The number of hydrogen-bond acceptors (Lipinski definition) is 6. The van der Waals surface area contributed by atoms with E-state index in [0.29, 0.717) is 30.4 Å². The average molecular weight is 463 g/mol. The van der Waals surface area contributed by atoms with Gasteiger partial charge in [0.25, 0.3) is 5.91 Å².